The smallest absolute Gasteiger partial charge is 0.133 e. The fourth-order valence-electron chi connectivity index (χ4n) is 2.85. The van der Waals surface area contributed by atoms with Crippen LogP contribution in [0.3, 0.4) is 0 Å². The second-order valence-electron chi connectivity index (χ2n) is 5.89. The number of hydrogen-bond acceptors (Lipinski definition) is 2. The third kappa shape index (κ3) is 2.94. The Morgan fingerprint density at radius 3 is 2.65 bits per heavy atom. The minimum Gasteiger partial charge on any atom is -0.457 e. The molecule has 0 saturated heterocycles. The lowest BCUT2D eigenvalue weighted by molar-refractivity contribution is 0.471. The van der Waals surface area contributed by atoms with Gasteiger partial charge in [0, 0.05) is 46.8 Å². The molecule has 0 aliphatic heterocycles. The van der Waals surface area contributed by atoms with Crippen LogP contribution in [0.15, 0.2) is 36.5 Å². The normalized spacial score (nSPS) is 11.2. The second-order valence-corrected chi connectivity index (χ2v) is 6.30. The molecule has 0 aliphatic carbocycles. The predicted molar refractivity (Wildman–Crippen MR) is 96.7 cm³/mol. The quantitative estimate of drug-likeness (QED) is 0.732. The van der Waals surface area contributed by atoms with Crippen LogP contribution >= 0.6 is 11.6 Å². The molecule has 0 unspecified atom stereocenters. The van der Waals surface area contributed by atoms with Crippen LogP contribution < -0.4 is 10.1 Å². The molecule has 3 rings (SSSR count). The van der Waals surface area contributed by atoms with Gasteiger partial charge in [-0.05, 0) is 56.8 Å². The highest BCUT2D eigenvalue weighted by molar-refractivity contribution is 6.31. The third-order valence-corrected chi connectivity index (χ3v) is 4.62. The van der Waals surface area contributed by atoms with Crippen LogP contribution in [-0.2, 0) is 13.6 Å². The van der Waals surface area contributed by atoms with E-state index in [4.69, 9.17) is 16.3 Å². The van der Waals surface area contributed by atoms with Crippen LogP contribution in [-0.4, -0.2) is 11.6 Å². The first-order chi connectivity index (χ1) is 11.0. The highest BCUT2D eigenvalue weighted by atomic mass is 35.5. The van der Waals surface area contributed by atoms with Crippen molar-refractivity contribution in [3.8, 4) is 11.5 Å². The number of nitrogens with zero attached hydrogens (tertiary/aromatic N) is 1. The lowest BCUT2D eigenvalue weighted by atomic mass is 10.1. The number of nitrogens with one attached hydrogen (secondary N) is 1. The van der Waals surface area contributed by atoms with Gasteiger partial charge in [0.2, 0.25) is 0 Å². The number of hydrogen-bond donors (Lipinski definition) is 1. The first-order valence-corrected chi connectivity index (χ1v) is 8.05. The van der Waals surface area contributed by atoms with E-state index < -0.39 is 0 Å². The van der Waals surface area contributed by atoms with Gasteiger partial charge in [0.1, 0.15) is 11.5 Å². The molecule has 1 N–H and O–H groups in total. The van der Waals surface area contributed by atoms with Crippen molar-refractivity contribution < 1.29 is 4.74 Å². The number of aryl methyl sites for hydroxylation is 3. The summed E-state index contributed by atoms with van der Waals surface area (Å²) in [5, 5.41) is 5.11. The zero-order chi connectivity index (χ0) is 16.6. The van der Waals surface area contributed by atoms with Crippen molar-refractivity contribution in [2.24, 2.45) is 7.05 Å². The average molecular weight is 329 g/mol. The summed E-state index contributed by atoms with van der Waals surface area (Å²) in [6.07, 6.45) is 2.07. The molecule has 0 atom stereocenters. The third-order valence-electron chi connectivity index (χ3n) is 4.22. The van der Waals surface area contributed by atoms with Crippen LogP contribution in [0.5, 0.6) is 11.5 Å². The van der Waals surface area contributed by atoms with E-state index >= 15 is 0 Å². The fraction of sp³-hybridized carbons (Fsp3) is 0.263. The summed E-state index contributed by atoms with van der Waals surface area (Å²) in [4.78, 5) is 0. The van der Waals surface area contributed by atoms with Gasteiger partial charge in [-0.25, -0.2) is 0 Å². The Kier molecular flexibility index (Phi) is 4.33. The number of halogens is 1. The van der Waals surface area contributed by atoms with E-state index in [0.717, 1.165) is 39.8 Å². The molecular formula is C19H21ClN2O. The van der Waals surface area contributed by atoms with Crippen molar-refractivity contribution in [2.45, 2.75) is 20.4 Å². The van der Waals surface area contributed by atoms with E-state index in [-0.39, 0.29) is 0 Å². The zero-order valence-corrected chi connectivity index (χ0v) is 14.7. The van der Waals surface area contributed by atoms with Gasteiger partial charge >= 0.3 is 0 Å². The van der Waals surface area contributed by atoms with Crippen LogP contribution in [0.25, 0.3) is 10.9 Å². The number of fused-ring (bicyclic) bond motifs is 1. The van der Waals surface area contributed by atoms with E-state index in [0.29, 0.717) is 0 Å². The number of aromatic nitrogens is 1. The van der Waals surface area contributed by atoms with Gasteiger partial charge in [-0.2, -0.15) is 0 Å². The molecule has 3 aromatic rings. The lowest BCUT2D eigenvalue weighted by Crippen LogP contribution is -2.07. The molecule has 1 aromatic heterocycles. The van der Waals surface area contributed by atoms with Crippen LogP contribution in [0.2, 0.25) is 5.02 Å². The van der Waals surface area contributed by atoms with Gasteiger partial charge in [0.05, 0.1) is 0 Å². The molecule has 2 aromatic carbocycles. The summed E-state index contributed by atoms with van der Waals surface area (Å²) < 4.78 is 8.32. The van der Waals surface area contributed by atoms with Crippen molar-refractivity contribution in [1.82, 2.24) is 9.88 Å². The summed E-state index contributed by atoms with van der Waals surface area (Å²) in [6.45, 7) is 4.83. The molecule has 0 aliphatic rings. The largest absolute Gasteiger partial charge is 0.457 e. The summed E-state index contributed by atoms with van der Waals surface area (Å²) in [5.41, 5.74) is 4.49. The summed E-state index contributed by atoms with van der Waals surface area (Å²) >= 11 is 6.29. The van der Waals surface area contributed by atoms with Crippen LogP contribution in [0.4, 0.5) is 0 Å². The maximum Gasteiger partial charge on any atom is 0.133 e. The summed E-state index contributed by atoms with van der Waals surface area (Å²) in [6, 6.07) is 10.2. The van der Waals surface area contributed by atoms with Gasteiger partial charge in [-0.1, -0.05) is 11.6 Å². The van der Waals surface area contributed by atoms with Crippen LogP contribution in [0, 0.1) is 13.8 Å². The molecule has 23 heavy (non-hydrogen) atoms. The lowest BCUT2D eigenvalue weighted by Gasteiger charge is -2.15. The van der Waals surface area contributed by atoms with Gasteiger partial charge in [-0.15, -0.1) is 0 Å². The molecule has 3 nitrogen and oxygen atoms in total. The zero-order valence-electron chi connectivity index (χ0n) is 13.9. The predicted octanol–water partition coefficient (Wildman–Crippen LogP) is 4.96. The molecule has 0 saturated carbocycles. The number of benzene rings is 2. The minimum absolute atomic E-state index is 0.721. The van der Waals surface area contributed by atoms with Crippen molar-refractivity contribution in [3.05, 3.63) is 58.2 Å². The molecule has 4 heteroatoms. The molecule has 0 fully saturated rings. The Bertz CT molecular complexity index is 867. The number of ether oxygens (including phenoxy) is 1. The Morgan fingerprint density at radius 2 is 1.91 bits per heavy atom. The molecule has 0 spiro atoms. The Morgan fingerprint density at radius 1 is 1.13 bits per heavy atom. The minimum atomic E-state index is 0.721. The Balaban J connectivity index is 2.05. The molecular weight excluding hydrogens is 308 g/mol. The fourth-order valence-corrected chi connectivity index (χ4v) is 3.01. The Hall–Kier alpha value is -1.97. The van der Waals surface area contributed by atoms with E-state index in [2.05, 4.69) is 41.2 Å². The standard InChI is InChI=1S/C19H21ClN2O/c1-12-9-14(11-21-3)19(10-16(12)20)23-18-6-5-17-15(13(18)2)7-8-22(17)4/h5-10,21H,11H2,1-4H3. The monoisotopic (exact) mass is 328 g/mol. The highest BCUT2D eigenvalue weighted by Gasteiger charge is 2.12. The topological polar surface area (TPSA) is 26.2 Å². The Labute approximate surface area is 141 Å². The van der Waals surface area contributed by atoms with Gasteiger partial charge in [-0.3, -0.25) is 0 Å². The first-order valence-electron chi connectivity index (χ1n) is 7.67. The highest BCUT2D eigenvalue weighted by Crippen LogP contribution is 2.35. The van der Waals surface area contributed by atoms with E-state index in [9.17, 15) is 0 Å². The molecule has 0 amide bonds. The van der Waals surface area contributed by atoms with Crippen molar-refractivity contribution in [2.75, 3.05) is 7.05 Å². The van der Waals surface area contributed by atoms with Gasteiger partial charge in [0.15, 0.2) is 0 Å². The first kappa shape index (κ1) is 15.9. The van der Waals surface area contributed by atoms with Crippen molar-refractivity contribution >= 4 is 22.5 Å². The van der Waals surface area contributed by atoms with Crippen molar-refractivity contribution in [1.29, 1.82) is 0 Å². The molecule has 0 bridgehead atoms. The van der Waals surface area contributed by atoms with E-state index in [1.165, 1.54) is 10.9 Å². The maximum atomic E-state index is 6.29. The summed E-state index contributed by atoms with van der Waals surface area (Å²) in [5.74, 6) is 1.66. The second kappa shape index (κ2) is 6.26. The summed E-state index contributed by atoms with van der Waals surface area (Å²) in [7, 11) is 3.97. The SMILES string of the molecule is CNCc1cc(C)c(Cl)cc1Oc1ccc2c(ccn2C)c1C. The molecule has 120 valence electrons. The number of rotatable bonds is 4. The van der Waals surface area contributed by atoms with E-state index in [1.54, 1.807) is 0 Å². The average Bonchev–Trinajstić information content (AvgIpc) is 2.89. The van der Waals surface area contributed by atoms with Crippen LogP contribution in [0.1, 0.15) is 16.7 Å². The molecule has 1 heterocycles. The molecule has 0 radical (unpaired) electrons. The van der Waals surface area contributed by atoms with Gasteiger partial charge < -0.3 is 14.6 Å². The van der Waals surface area contributed by atoms with Crippen molar-refractivity contribution in [3.63, 3.8) is 0 Å². The maximum absolute atomic E-state index is 6.29. The van der Waals surface area contributed by atoms with Gasteiger partial charge in [0.25, 0.3) is 0 Å². The van der Waals surface area contributed by atoms with E-state index in [1.807, 2.05) is 33.2 Å².